The Kier molecular flexibility index (Phi) is 6.94. The maximum Gasteiger partial charge on any atom is 0.203 e. The molecular formula is C20H25BrN4O. The van der Waals surface area contributed by atoms with Gasteiger partial charge in [0.05, 0.1) is 17.6 Å². The zero-order valence-corrected chi connectivity index (χ0v) is 16.9. The molecule has 3 aromatic rings. The van der Waals surface area contributed by atoms with Crippen molar-refractivity contribution in [1.29, 1.82) is 5.41 Å². The number of nitrogens with zero attached hydrogens (tertiary/aromatic N) is 3. The van der Waals surface area contributed by atoms with Crippen molar-refractivity contribution >= 4 is 33.8 Å². The van der Waals surface area contributed by atoms with Gasteiger partial charge in [0.15, 0.2) is 5.78 Å². The predicted molar refractivity (Wildman–Crippen MR) is 110 cm³/mol. The number of rotatable bonds is 7. The summed E-state index contributed by atoms with van der Waals surface area (Å²) in [5.74, 6) is 0.0234. The number of aromatic nitrogens is 2. The van der Waals surface area contributed by atoms with E-state index < -0.39 is 0 Å². The van der Waals surface area contributed by atoms with E-state index in [-0.39, 0.29) is 29.3 Å². The van der Waals surface area contributed by atoms with Crippen molar-refractivity contribution in [2.24, 2.45) is 0 Å². The molecule has 0 unspecified atom stereocenters. The second kappa shape index (κ2) is 8.96. The first kappa shape index (κ1) is 20.1. The molecule has 1 aromatic heterocycles. The van der Waals surface area contributed by atoms with Crippen LogP contribution in [0.3, 0.4) is 0 Å². The van der Waals surface area contributed by atoms with Crippen LogP contribution in [0.15, 0.2) is 54.6 Å². The van der Waals surface area contributed by atoms with Gasteiger partial charge in [-0.05, 0) is 39.2 Å². The van der Waals surface area contributed by atoms with Crippen molar-refractivity contribution in [2.75, 3.05) is 20.6 Å². The van der Waals surface area contributed by atoms with Crippen LogP contribution in [-0.4, -0.2) is 40.5 Å². The molecule has 6 heteroatoms. The topological polar surface area (TPSA) is 54.0 Å². The van der Waals surface area contributed by atoms with Crippen LogP contribution in [0, 0.1) is 5.41 Å². The van der Waals surface area contributed by atoms with Crippen molar-refractivity contribution in [3.8, 4) is 0 Å². The van der Waals surface area contributed by atoms with Gasteiger partial charge in [0, 0.05) is 12.1 Å². The third-order valence-electron chi connectivity index (χ3n) is 4.36. The fourth-order valence-electron chi connectivity index (χ4n) is 3.08. The number of halogens is 1. The molecule has 3 rings (SSSR count). The van der Waals surface area contributed by atoms with Crippen molar-refractivity contribution < 1.29 is 4.79 Å². The number of benzene rings is 2. The molecule has 0 saturated carbocycles. The Morgan fingerprint density at radius 3 is 2.15 bits per heavy atom. The molecule has 0 spiro atoms. The number of hydrogen-bond acceptors (Lipinski definition) is 3. The molecule has 1 heterocycles. The van der Waals surface area contributed by atoms with E-state index in [1.807, 2.05) is 73.3 Å². The average molecular weight is 417 g/mol. The number of hydrogen-bond donors (Lipinski definition) is 1. The quantitative estimate of drug-likeness (QED) is 0.600. The molecule has 0 bridgehead atoms. The largest absolute Gasteiger partial charge is 0.310 e. The van der Waals surface area contributed by atoms with Crippen molar-refractivity contribution in [3.05, 3.63) is 65.8 Å². The Balaban J connectivity index is 0.00000243. The van der Waals surface area contributed by atoms with Crippen molar-refractivity contribution in [2.45, 2.75) is 19.5 Å². The Hall–Kier alpha value is -2.18. The summed E-state index contributed by atoms with van der Waals surface area (Å²) in [6.45, 7) is 1.92. The van der Waals surface area contributed by atoms with Gasteiger partial charge in [-0.25, -0.2) is 0 Å². The highest BCUT2D eigenvalue weighted by Crippen LogP contribution is 2.14. The maximum absolute atomic E-state index is 12.6. The first-order valence-electron chi connectivity index (χ1n) is 8.53. The summed E-state index contributed by atoms with van der Waals surface area (Å²) in [5.41, 5.74) is 3.00. The molecular weight excluding hydrogens is 392 g/mol. The van der Waals surface area contributed by atoms with Crippen LogP contribution in [0.5, 0.6) is 0 Å². The monoisotopic (exact) mass is 416 g/mol. The van der Waals surface area contributed by atoms with Gasteiger partial charge in [0.25, 0.3) is 0 Å². The SMILES string of the molecule is Br.CN(C)CCCn1c(=N)n(CC(=O)c2ccccc2)c2ccccc21. The van der Waals surface area contributed by atoms with Crippen LogP contribution in [0.4, 0.5) is 0 Å². The lowest BCUT2D eigenvalue weighted by Gasteiger charge is -2.10. The molecule has 0 amide bonds. The van der Waals surface area contributed by atoms with E-state index in [4.69, 9.17) is 5.41 Å². The summed E-state index contributed by atoms with van der Waals surface area (Å²) < 4.78 is 3.80. The zero-order valence-electron chi connectivity index (χ0n) is 15.2. The number of aryl methyl sites for hydroxylation is 1. The Morgan fingerprint density at radius 2 is 1.54 bits per heavy atom. The number of carbonyl (C=O) groups excluding carboxylic acids is 1. The number of ketones is 1. The Morgan fingerprint density at radius 1 is 0.962 bits per heavy atom. The number of carbonyl (C=O) groups is 1. The molecule has 0 atom stereocenters. The normalized spacial score (nSPS) is 10.9. The minimum absolute atomic E-state index is 0. The molecule has 0 saturated heterocycles. The van der Waals surface area contributed by atoms with E-state index in [1.54, 1.807) is 4.57 Å². The van der Waals surface area contributed by atoms with Gasteiger partial charge < -0.3 is 14.0 Å². The lowest BCUT2D eigenvalue weighted by Crippen LogP contribution is -2.28. The van der Waals surface area contributed by atoms with Gasteiger partial charge in [-0.1, -0.05) is 42.5 Å². The molecule has 2 aromatic carbocycles. The smallest absolute Gasteiger partial charge is 0.203 e. The molecule has 0 aliphatic heterocycles. The van der Waals surface area contributed by atoms with Crippen LogP contribution in [0.1, 0.15) is 16.8 Å². The molecule has 0 aliphatic rings. The van der Waals surface area contributed by atoms with Gasteiger partial charge in [0.2, 0.25) is 5.62 Å². The van der Waals surface area contributed by atoms with Crippen LogP contribution >= 0.6 is 17.0 Å². The number of nitrogens with one attached hydrogen (secondary N) is 1. The number of fused-ring (bicyclic) bond motifs is 1. The maximum atomic E-state index is 12.6. The summed E-state index contributed by atoms with van der Waals surface area (Å²) in [7, 11) is 4.10. The van der Waals surface area contributed by atoms with E-state index in [2.05, 4.69) is 4.90 Å². The highest BCUT2D eigenvalue weighted by Gasteiger charge is 2.14. The standard InChI is InChI=1S/C20H24N4O.BrH/c1-22(2)13-8-14-23-17-11-6-7-12-18(17)24(20(23)21)15-19(25)16-9-4-3-5-10-16;/h3-7,9-12,21H,8,13-15H2,1-2H3;1H. The summed E-state index contributed by atoms with van der Waals surface area (Å²) in [6, 6.07) is 17.2. The van der Waals surface area contributed by atoms with Gasteiger partial charge in [0.1, 0.15) is 0 Å². The zero-order chi connectivity index (χ0) is 17.8. The first-order valence-corrected chi connectivity index (χ1v) is 8.53. The predicted octanol–water partition coefficient (Wildman–Crippen LogP) is 3.33. The lowest BCUT2D eigenvalue weighted by atomic mass is 10.1. The fourth-order valence-corrected chi connectivity index (χ4v) is 3.08. The summed E-state index contributed by atoms with van der Waals surface area (Å²) in [6.07, 6.45) is 0.962. The summed E-state index contributed by atoms with van der Waals surface area (Å²) in [4.78, 5) is 14.7. The molecule has 0 aliphatic carbocycles. The average Bonchev–Trinajstić information content (AvgIpc) is 2.88. The Bertz CT molecular complexity index is 928. The van der Waals surface area contributed by atoms with Gasteiger partial charge in [-0.15, -0.1) is 17.0 Å². The number of Topliss-reactive ketones (excluding diaryl/α,β-unsaturated/α-hetero) is 1. The van der Waals surface area contributed by atoms with E-state index in [1.165, 1.54) is 0 Å². The van der Waals surface area contributed by atoms with E-state index >= 15 is 0 Å². The Labute approximate surface area is 164 Å². The van der Waals surface area contributed by atoms with Gasteiger partial charge in [-0.3, -0.25) is 10.2 Å². The van der Waals surface area contributed by atoms with E-state index in [0.29, 0.717) is 11.2 Å². The third kappa shape index (κ3) is 4.31. The molecule has 138 valence electrons. The van der Waals surface area contributed by atoms with Crippen LogP contribution in [0.25, 0.3) is 11.0 Å². The van der Waals surface area contributed by atoms with Crippen molar-refractivity contribution in [1.82, 2.24) is 14.0 Å². The van der Waals surface area contributed by atoms with Gasteiger partial charge >= 0.3 is 0 Å². The number of imidazole rings is 1. The van der Waals surface area contributed by atoms with Crippen LogP contribution < -0.4 is 5.62 Å². The summed E-state index contributed by atoms with van der Waals surface area (Å²) in [5, 5.41) is 8.58. The first-order chi connectivity index (χ1) is 12.1. The lowest BCUT2D eigenvalue weighted by molar-refractivity contribution is 0.0971. The molecule has 26 heavy (non-hydrogen) atoms. The van der Waals surface area contributed by atoms with E-state index in [0.717, 1.165) is 30.5 Å². The van der Waals surface area contributed by atoms with Crippen LogP contribution in [0.2, 0.25) is 0 Å². The van der Waals surface area contributed by atoms with E-state index in [9.17, 15) is 4.79 Å². The van der Waals surface area contributed by atoms with Crippen LogP contribution in [-0.2, 0) is 13.1 Å². The third-order valence-corrected chi connectivity index (χ3v) is 4.36. The second-order valence-corrected chi connectivity index (χ2v) is 6.50. The molecule has 0 fully saturated rings. The van der Waals surface area contributed by atoms with Gasteiger partial charge in [-0.2, -0.15) is 0 Å². The second-order valence-electron chi connectivity index (χ2n) is 6.50. The number of para-hydroxylation sites is 2. The highest BCUT2D eigenvalue weighted by molar-refractivity contribution is 8.93. The minimum Gasteiger partial charge on any atom is -0.310 e. The summed E-state index contributed by atoms with van der Waals surface area (Å²) >= 11 is 0. The minimum atomic E-state index is 0. The fraction of sp³-hybridized carbons (Fsp3) is 0.300. The molecule has 0 radical (unpaired) electrons. The molecule has 5 nitrogen and oxygen atoms in total. The molecule has 1 N–H and O–H groups in total. The highest BCUT2D eigenvalue weighted by atomic mass is 79.9. The van der Waals surface area contributed by atoms with Crippen molar-refractivity contribution in [3.63, 3.8) is 0 Å².